The quantitative estimate of drug-likeness (QED) is 0.385. The molecule has 1 aromatic carbocycles. The van der Waals surface area contributed by atoms with Crippen LogP contribution >= 0.6 is 11.3 Å². The van der Waals surface area contributed by atoms with Gasteiger partial charge in [-0.25, -0.2) is 21.5 Å². The minimum atomic E-state index is -4.46. The van der Waals surface area contributed by atoms with Crippen molar-refractivity contribution >= 4 is 37.8 Å². The summed E-state index contributed by atoms with van der Waals surface area (Å²) in [6.07, 6.45) is -2.93. The minimum absolute atomic E-state index is 0. The van der Waals surface area contributed by atoms with E-state index in [0.717, 1.165) is 11.3 Å². The topological polar surface area (TPSA) is 89.0 Å². The molecule has 1 N–H and O–H groups in total. The molecular formula is C20H27F2N2O5S2Y-. The standard InChI is InChI=1S/C17H18F2N2O5S2.C2H6.CH3.Y/c1-10-5-3-4-6-11(10)15-13(22)14-16(20-17(27-14)26-8-7-25-2)21(9-12(18)19)28(15,23)24;1-2;;/h3-6,12,22H,7-9H2,1-2H3;1-2H3;1H3;/q;;-1;. The molecule has 0 aliphatic carbocycles. The summed E-state index contributed by atoms with van der Waals surface area (Å²) in [5.74, 6) is -0.804. The number of ether oxygens (including phenoxy) is 2. The zero-order chi connectivity index (χ0) is 22.5. The Bertz CT molecular complexity index is 1010. The molecule has 2 aromatic rings. The van der Waals surface area contributed by atoms with Crippen LogP contribution in [0.25, 0.3) is 10.7 Å². The third-order valence-electron chi connectivity index (χ3n) is 4.01. The number of fused-ring (bicyclic) bond motifs is 1. The number of methoxy groups -OCH3 is 1. The average Bonchev–Trinajstić information content (AvgIpc) is 3.12. The number of aryl methyl sites for hydroxylation is 1. The number of anilines is 1. The summed E-state index contributed by atoms with van der Waals surface area (Å²) in [6, 6.07) is 6.50. The van der Waals surface area contributed by atoms with E-state index in [1.165, 1.54) is 13.2 Å². The first-order valence-electron chi connectivity index (χ1n) is 9.20. The Morgan fingerprint density at radius 2 is 1.84 bits per heavy atom. The predicted molar refractivity (Wildman–Crippen MR) is 120 cm³/mol. The summed E-state index contributed by atoms with van der Waals surface area (Å²) < 4.78 is 63.3. The fourth-order valence-electron chi connectivity index (χ4n) is 2.74. The van der Waals surface area contributed by atoms with Gasteiger partial charge in [-0.15, -0.1) is 0 Å². The van der Waals surface area contributed by atoms with Crippen molar-refractivity contribution in [2.45, 2.75) is 27.2 Å². The van der Waals surface area contributed by atoms with Gasteiger partial charge in [0.25, 0.3) is 21.6 Å². The number of thiazole rings is 1. The zero-order valence-corrected chi connectivity index (χ0v) is 23.1. The molecule has 0 fully saturated rings. The van der Waals surface area contributed by atoms with Crippen LogP contribution in [0.1, 0.15) is 29.9 Å². The van der Waals surface area contributed by atoms with Gasteiger partial charge in [-0.1, -0.05) is 49.4 Å². The summed E-state index contributed by atoms with van der Waals surface area (Å²) in [6.45, 7) is 4.99. The number of aliphatic hydroxyl groups is 1. The van der Waals surface area contributed by atoms with E-state index in [-0.39, 0.29) is 74.8 Å². The Labute approximate surface area is 217 Å². The van der Waals surface area contributed by atoms with Gasteiger partial charge in [-0.2, -0.15) is 4.98 Å². The maximum atomic E-state index is 13.2. The molecule has 7 nitrogen and oxygen atoms in total. The van der Waals surface area contributed by atoms with Crippen LogP contribution in [0.4, 0.5) is 14.6 Å². The van der Waals surface area contributed by atoms with E-state index >= 15 is 0 Å². The Morgan fingerprint density at radius 1 is 1.22 bits per heavy atom. The molecule has 1 radical (unpaired) electrons. The molecule has 0 unspecified atom stereocenters. The van der Waals surface area contributed by atoms with Gasteiger partial charge in [-0.3, -0.25) is 0 Å². The summed E-state index contributed by atoms with van der Waals surface area (Å²) >= 11 is 0.882. The first-order chi connectivity index (χ1) is 14.3. The molecule has 2 heterocycles. The number of hydrogen-bond donors (Lipinski definition) is 1. The first kappa shape index (κ1) is 30.9. The van der Waals surface area contributed by atoms with E-state index in [0.29, 0.717) is 9.87 Å². The SMILES string of the molecule is CC.COCCOc1nc2c(s1)C(O)=C(c1ccccc1C)S(=O)(=O)N2CC(F)F.[CH3-].[Y]. The van der Waals surface area contributed by atoms with Crippen molar-refractivity contribution in [3.05, 3.63) is 47.7 Å². The number of aliphatic hydroxyl groups excluding tert-OH is 1. The predicted octanol–water partition coefficient (Wildman–Crippen LogP) is 4.75. The van der Waals surface area contributed by atoms with E-state index in [1.54, 1.807) is 25.1 Å². The number of rotatable bonds is 7. The van der Waals surface area contributed by atoms with E-state index in [2.05, 4.69) is 4.98 Å². The van der Waals surface area contributed by atoms with Crippen LogP contribution in [0.15, 0.2) is 24.3 Å². The summed E-state index contributed by atoms with van der Waals surface area (Å²) in [4.78, 5) is 3.65. The van der Waals surface area contributed by atoms with Gasteiger partial charge in [0.2, 0.25) is 0 Å². The smallest absolute Gasteiger partial charge is 0.276 e. The molecule has 0 saturated heterocycles. The van der Waals surface area contributed by atoms with Crippen molar-refractivity contribution in [3.63, 3.8) is 0 Å². The van der Waals surface area contributed by atoms with Crippen molar-refractivity contribution in [1.82, 2.24) is 4.98 Å². The van der Waals surface area contributed by atoms with Gasteiger partial charge in [0, 0.05) is 45.4 Å². The summed E-state index contributed by atoms with van der Waals surface area (Å²) in [5, 5.41) is 10.8. The molecule has 1 aliphatic heterocycles. The number of hydrogen-bond acceptors (Lipinski definition) is 7. The average molecular weight is 566 g/mol. The fraction of sp³-hybridized carbons (Fsp3) is 0.400. The molecule has 0 spiro atoms. The number of benzene rings is 1. The second-order valence-electron chi connectivity index (χ2n) is 5.89. The van der Waals surface area contributed by atoms with E-state index < -0.39 is 33.7 Å². The van der Waals surface area contributed by atoms with E-state index in [1.807, 2.05) is 13.8 Å². The third-order valence-corrected chi connectivity index (χ3v) is 6.81. The molecule has 0 amide bonds. The molecule has 0 bridgehead atoms. The zero-order valence-electron chi connectivity index (χ0n) is 18.6. The van der Waals surface area contributed by atoms with Crippen molar-refractivity contribution in [1.29, 1.82) is 0 Å². The van der Waals surface area contributed by atoms with Gasteiger partial charge >= 0.3 is 0 Å². The van der Waals surface area contributed by atoms with Crippen LogP contribution in [-0.4, -0.2) is 51.8 Å². The normalized spacial score (nSPS) is 14.0. The molecule has 0 atom stereocenters. The maximum absolute atomic E-state index is 13.2. The summed E-state index contributed by atoms with van der Waals surface area (Å²) in [5.41, 5.74) is 0.814. The number of aromatic nitrogens is 1. The van der Waals surface area contributed by atoms with Crippen molar-refractivity contribution in [2.75, 3.05) is 31.2 Å². The van der Waals surface area contributed by atoms with Crippen LogP contribution in [0.5, 0.6) is 5.19 Å². The van der Waals surface area contributed by atoms with Gasteiger partial charge in [0.15, 0.2) is 11.6 Å². The number of sulfonamides is 1. The van der Waals surface area contributed by atoms with Gasteiger partial charge in [0.1, 0.15) is 16.4 Å². The Balaban J connectivity index is 0.00000234. The molecule has 32 heavy (non-hydrogen) atoms. The number of nitrogens with zero attached hydrogens (tertiary/aromatic N) is 2. The number of alkyl halides is 2. The van der Waals surface area contributed by atoms with Crippen LogP contribution in [-0.2, 0) is 47.5 Å². The largest absolute Gasteiger partial charge is 0.505 e. The number of halogens is 2. The first-order valence-corrected chi connectivity index (χ1v) is 11.5. The molecule has 0 saturated carbocycles. The molecule has 177 valence electrons. The third kappa shape index (κ3) is 6.47. The monoisotopic (exact) mass is 566 g/mol. The summed E-state index contributed by atoms with van der Waals surface area (Å²) in [7, 11) is -2.98. The van der Waals surface area contributed by atoms with Crippen LogP contribution < -0.4 is 9.04 Å². The molecule has 1 aromatic heterocycles. The van der Waals surface area contributed by atoms with E-state index in [9.17, 15) is 22.3 Å². The maximum Gasteiger partial charge on any atom is 0.276 e. The van der Waals surface area contributed by atoms with Crippen molar-refractivity contribution < 1.29 is 64.5 Å². The van der Waals surface area contributed by atoms with Crippen LogP contribution in [0.3, 0.4) is 0 Å². The van der Waals surface area contributed by atoms with Gasteiger partial charge < -0.3 is 22.0 Å². The minimum Gasteiger partial charge on any atom is -0.505 e. The Morgan fingerprint density at radius 3 is 2.41 bits per heavy atom. The second-order valence-corrected chi connectivity index (χ2v) is 8.65. The van der Waals surface area contributed by atoms with Crippen LogP contribution in [0.2, 0.25) is 0 Å². The van der Waals surface area contributed by atoms with Crippen LogP contribution in [0, 0.1) is 14.4 Å². The van der Waals surface area contributed by atoms with E-state index in [4.69, 9.17) is 9.47 Å². The molecule has 12 heteroatoms. The Hall–Kier alpha value is -1.14. The fourth-order valence-corrected chi connectivity index (χ4v) is 5.50. The molecular weight excluding hydrogens is 539 g/mol. The second kappa shape index (κ2) is 13.5. The van der Waals surface area contributed by atoms with Gasteiger partial charge in [0.05, 0.1) is 13.2 Å². The Kier molecular flexibility index (Phi) is 13.1. The van der Waals surface area contributed by atoms with Crippen molar-refractivity contribution in [3.8, 4) is 5.19 Å². The van der Waals surface area contributed by atoms with Gasteiger partial charge in [-0.05, 0) is 12.5 Å². The molecule has 1 aliphatic rings. The molecule has 3 rings (SSSR count). The van der Waals surface area contributed by atoms with Crippen molar-refractivity contribution in [2.24, 2.45) is 0 Å².